The van der Waals surface area contributed by atoms with Crippen LogP contribution >= 0.6 is 11.3 Å². The van der Waals surface area contributed by atoms with Crippen LogP contribution in [0.25, 0.3) is 0 Å². The Morgan fingerprint density at radius 2 is 2.17 bits per heavy atom. The Hall–Kier alpha value is -2.12. The molecule has 1 fully saturated rings. The van der Waals surface area contributed by atoms with Gasteiger partial charge in [-0.05, 0) is 57.5 Å². The van der Waals surface area contributed by atoms with Gasteiger partial charge >= 0.3 is 0 Å². The quantitative estimate of drug-likeness (QED) is 0.526. The first kappa shape index (κ1) is 21.6. The van der Waals surface area contributed by atoms with Crippen LogP contribution < -0.4 is 10.1 Å². The van der Waals surface area contributed by atoms with Crippen molar-refractivity contribution >= 4 is 17.3 Å². The number of aromatic nitrogens is 1. The number of aryl methyl sites for hydroxylation is 1. The Morgan fingerprint density at radius 3 is 2.83 bits per heavy atom. The number of methoxy groups -OCH3 is 1. The van der Waals surface area contributed by atoms with Crippen molar-refractivity contribution in [3.8, 4) is 5.75 Å². The molecule has 1 aromatic heterocycles. The number of nitrogens with zero attached hydrogens (tertiary/aromatic N) is 4. The molecule has 2 aromatic rings. The number of hydrogen-bond acceptors (Lipinski definition) is 5. The third-order valence-corrected chi connectivity index (χ3v) is 6.06. The molecule has 1 aliphatic heterocycles. The lowest BCUT2D eigenvalue weighted by atomic mass is 10.1. The van der Waals surface area contributed by atoms with Gasteiger partial charge in [-0.3, -0.25) is 9.89 Å². The lowest BCUT2D eigenvalue weighted by molar-refractivity contribution is 0.250. The van der Waals surface area contributed by atoms with Crippen LogP contribution in [-0.2, 0) is 6.54 Å². The normalized spacial score (nSPS) is 16.1. The van der Waals surface area contributed by atoms with E-state index in [4.69, 9.17) is 9.73 Å². The molecule has 0 aliphatic carbocycles. The fourth-order valence-corrected chi connectivity index (χ4v) is 4.38. The number of thiazole rings is 1. The Balaban J connectivity index is 1.78. The van der Waals surface area contributed by atoms with Gasteiger partial charge in [0.15, 0.2) is 5.96 Å². The zero-order chi connectivity index (χ0) is 20.6. The number of nitrogens with one attached hydrogen (secondary N) is 1. The molecule has 1 unspecified atom stereocenters. The van der Waals surface area contributed by atoms with E-state index in [2.05, 4.69) is 57.7 Å². The number of ether oxygens (including phenoxy) is 1. The zero-order valence-corrected chi connectivity index (χ0v) is 18.8. The second-order valence-corrected chi connectivity index (χ2v) is 8.51. The molecular weight excluding hydrogens is 382 g/mol. The Labute approximate surface area is 178 Å². The van der Waals surface area contributed by atoms with Crippen molar-refractivity contribution in [2.24, 2.45) is 4.99 Å². The lowest BCUT2D eigenvalue weighted by Gasteiger charge is -2.28. The van der Waals surface area contributed by atoms with Crippen LogP contribution in [0.2, 0.25) is 0 Å². The molecule has 2 heterocycles. The van der Waals surface area contributed by atoms with Crippen LogP contribution in [0.15, 0.2) is 34.6 Å². The lowest BCUT2D eigenvalue weighted by Crippen LogP contribution is -2.39. The van der Waals surface area contributed by atoms with Crippen LogP contribution in [0.3, 0.4) is 0 Å². The van der Waals surface area contributed by atoms with E-state index in [9.17, 15) is 0 Å². The molecule has 1 atom stereocenters. The number of guanidine groups is 1. The van der Waals surface area contributed by atoms with E-state index in [0.717, 1.165) is 55.1 Å². The molecule has 1 aliphatic rings. The van der Waals surface area contributed by atoms with Gasteiger partial charge in [0.05, 0.1) is 36.9 Å². The summed E-state index contributed by atoms with van der Waals surface area (Å²) in [5, 5.41) is 6.66. The SMILES string of the molecule is CCNC(=NCC(c1cccc(OC)c1)N1CCCC1)N(C)Cc1csc(C)n1. The predicted octanol–water partition coefficient (Wildman–Crippen LogP) is 3.69. The summed E-state index contributed by atoms with van der Waals surface area (Å²) < 4.78 is 5.46. The molecule has 3 rings (SSSR count). The number of likely N-dealkylation sites (tertiary alicyclic amines) is 1. The molecule has 29 heavy (non-hydrogen) atoms. The third-order valence-electron chi connectivity index (χ3n) is 5.24. The van der Waals surface area contributed by atoms with Gasteiger partial charge in [0.1, 0.15) is 5.75 Å². The summed E-state index contributed by atoms with van der Waals surface area (Å²) in [5.41, 5.74) is 2.35. The van der Waals surface area contributed by atoms with Crippen molar-refractivity contribution in [1.82, 2.24) is 20.1 Å². The number of rotatable bonds is 8. The highest BCUT2D eigenvalue weighted by molar-refractivity contribution is 7.09. The molecule has 0 saturated carbocycles. The first-order chi connectivity index (χ1) is 14.1. The maximum atomic E-state index is 5.46. The van der Waals surface area contributed by atoms with Crippen molar-refractivity contribution in [2.75, 3.05) is 40.3 Å². The first-order valence-corrected chi connectivity index (χ1v) is 11.3. The number of aliphatic imine (C=N–C) groups is 1. The maximum Gasteiger partial charge on any atom is 0.194 e. The molecule has 1 aromatic carbocycles. The topological polar surface area (TPSA) is 53.0 Å². The highest BCUT2D eigenvalue weighted by Crippen LogP contribution is 2.28. The van der Waals surface area contributed by atoms with Gasteiger partial charge in [-0.15, -0.1) is 11.3 Å². The van der Waals surface area contributed by atoms with Crippen LogP contribution in [0.1, 0.15) is 42.1 Å². The van der Waals surface area contributed by atoms with Crippen molar-refractivity contribution in [3.63, 3.8) is 0 Å². The largest absolute Gasteiger partial charge is 0.497 e. The minimum Gasteiger partial charge on any atom is -0.497 e. The van der Waals surface area contributed by atoms with Crippen LogP contribution in [0.5, 0.6) is 5.75 Å². The van der Waals surface area contributed by atoms with Gasteiger partial charge in [-0.25, -0.2) is 4.98 Å². The van der Waals surface area contributed by atoms with Gasteiger partial charge < -0.3 is 15.0 Å². The van der Waals surface area contributed by atoms with Gasteiger partial charge in [0.2, 0.25) is 0 Å². The zero-order valence-electron chi connectivity index (χ0n) is 18.0. The molecule has 0 bridgehead atoms. The maximum absolute atomic E-state index is 5.46. The molecule has 1 saturated heterocycles. The summed E-state index contributed by atoms with van der Waals surface area (Å²) >= 11 is 1.69. The fraction of sp³-hybridized carbons (Fsp3) is 0.545. The van der Waals surface area contributed by atoms with Crippen molar-refractivity contribution in [1.29, 1.82) is 0 Å². The Kier molecular flexibility index (Phi) is 7.89. The molecule has 0 radical (unpaired) electrons. The van der Waals surface area contributed by atoms with E-state index in [-0.39, 0.29) is 6.04 Å². The second kappa shape index (κ2) is 10.6. The minimum absolute atomic E-state index is 0.260. The molecule has 0 spiro atoms. The average molecular weight is 416 g/mol. The highest BCUT2D eigenvalue weighted by Gasteiger charge is 2.24. The first-order valence-electron chi connectivity index (χ1n) is 10.4. The van der Waals surface area contributed by atoms with Crippen LogP contribution in [0.4, 0.5) is 0 Å². The van der Waals surface area contributed by atoms with E-state index in [1.54, 1.807) is 18.4 Å². The van der Waals surface area contributed by atoms with Crippen molar-refractivity contribution in [2.45, 2.75) is 39.3 Å². The standard InChI is InChI=1S/C22H33N5OS/c1-5-23-22(26(3)15-19-16-29-17(2)25-19)24-14-21(27-11-6-7-12-27)18-9-8-10-20(13-18)28-4/h8-10,13,16,21H,5-7,11-12,14-15H2,1-4H3,(H,23,24). The van der Waals surface area contributed by atoms with Gasteiger partial charge in [0.25, 0.3) is 0 Å². The van der Waals surface area contributed by atoms with E-state index in [0.29, 0.717) is 0 Å². The fourth-order valence-electron chi connectivity index (χ4n) is 3.78. The van der Waals surface area contributed by atoms with Gasteiger partial charge in [-0.2, -0.15) is 0 Å². The molecule has 6 nitrogen and oxygen atoms in total. The summed E-state index contributed by atoms with van der Waals surface area (Å²) in [5.74, 6) is 1.82. The van der Waals surface area contributed by atoms with Crippen molar-refractivity contribution in [3.05, 3.63) is 45.9 Å². The number of hydrogen-bond donors (Lipinski definition) is 1. The summed E-state index contributed by atoms with van der Waals surface area (Å²) in [6.07, 6.45) is 2.51. The van der Waals surface area contributed by atoms with E-state index >= 15 is 0 Å². The summed E-state index contributed by atoms with van der Waals surface area (Å²) in [4.78, 5) is 14.3. The monoisotopic (exact) mass is 415 g/mol. The number of benzene rings is 1. The van der Waals surface area contributed by atoms with Crippen LogP contribution in [0, 0.1) is 6.92 Å². The summed E-state index contributed by atoms with van der Waals surface area (Å²) in [7, 11) is 3.80. The summed E-state index contributed by atoms with van der Waals surface area (Å²) in [6.45, 7) is 8.72. The van der Waals surface area contributed by atoms with Gasteiger partial charge in [0, 0.05) is 19.0 Å². The molecule has 158 valence electrons. The Bertz CT molecular complexity index is 800. The molecule has 1 N–H and O–H groups in total. The molecular formula is C22H33N5OS. The smallest absolute Gasteiger partial charge is 0.194 e. The van der Waals surface area contributed by atoms with Crippen LogP contribution in [-0.4, -0.2) is 61.1 Å². The van der Waals surface area contributed by atoms with E-state index in [1.807, 2.05) is 13.0 Å². The third kappa shape index (κ3) is 5.93. The van der Waals surface area contributed by atoms with Gasteiger partial charge in [-0.1, -0.05) is 12.1 Å². The second-order valence-electron chi connectivity index (χ2n) is 7.44. The minimum atomic E-state index is 0.260. The van der Waals surface area contributed by atoms with Crippen molar-refractivity contribution < 1.29 is 4.74 Å². The molecule has 0 amide bonds. The highest BCUT2D eigenvalue weighted by atomic mass is 32.1. The summed E-state index contributed by atoms with van der Waals surface area (Å²) in [6, 6.07) is 8.67. The predicted molar refractivity (Wildman–Crippen MR) is 121 cm³/mol. The van der Waals surface area contributed by atoms with E-state index < -0.39 is 0 Å². The Morgan fingerprint density at radius 1 is 1.38 bits per heavy atom. The van der Waals surface area contributed by atoms with E-state index in [1.165, 1.54) is 18.4 Å². The molecule has 7 heteroatoms. The average Bonchev–Trinajstić information content (AvgIpc) is 3.39.